The molecule has 0 saturated carbocycles. The summed E-state index contributed by atoms with van der Waals surface area (Å²) >= 11 is 0. The summed E-state index contributed by atoms with van der Waals surface area (Å²) in [5.74, 6) is 0.797. The average Bonchev–Trinajstić information content (AvgIpc) is 2.52. The van der Waals surface area contributed by atoms with Crippen LogP contribution < -0.4 is 5.32 Å². The van der Waals surface area contributed by atoms with E-state index in [1.165, 1.54) is 25.7 Å². The van der Waals surface area contributed by atoms with E-state index in [-0.39, 0.29) is 6.04 Å². The molecule has 0 aromatic rings. The molecule has 108 valence electrons. The first-order valence-corrected chi connectivity index (χ1v) is 6.94. The van der Waals surface area contributed by atoms with Crippen LogP contribution in [0.1, 0.15) is 39.5 Å². The molecule has 1 rings (SSSR count). The number of rotatable bonds is 5. The highest BCUT2D eigenvalue weighted by atomic mass is 19.4. The Morgan fingerprint density at radius 2 is 2.00 bits per heavy atom. The van der Waals surface area contributed by atoms with Crippen molar-refractivity contribution in [3.8, 4) is 0 Å². The predicted octanol–water partition coefficient (Wildman–Crippen LogP) is 3.04. The van der Waals surface area contributed by atoms with Crippen molar-refractivity contribution in [2.24, 2.45) is 5.92 Å². The minimum Gasteiger partial charge on any atom is -0.307 e. The molecule has 1 saturated heterocycles. The Labute approximate surface area is 108 Å². The molecule has 18 heavy (non-hydrogen) atoms. The highest BCUT2D eigenvalue weighted by Gasteiger charge is 2.27. The van der Waals surface area contributed by atoms with Gasteiger partial charge in [0.15, 0.2) is 0 Å². The Balaban J connectivity index is 2.26. The number of alkyl halides is 3. The molecule has 1 heterocycles. The van der Waals surface area contributed by atoms with Crippen LogP contribution >= 0.6 is 0 Å². The summed E-state index contributed by atoms with van der Waals surface area (Å²) in [7, 11) is 0. The molecule has 0 spiro atoms. The summed E-state index contributed by atoms with van der Waals surface area (Å²) in [5.41, 5.74) is 0. The predicted molar refractivity (Wildman–Crippen MR) is 67.6 cm³/mol. The van der Waals surface area contributed by atoms with Crippen LogP contribution in [-0.4, -0.2) is 43.3 Å². The van der Waals surface area contributed by atoms with Crippen LogP contribution in [0.5, 0.6) is 0 Å². The number of likely N-dealkylation sites (tertiary alicyclic amines) is 1. The second kappa shape index (κ2) is 7.34. The molecule has 5 heteroatoms. The molecule has 0 aromatic heterocycles. The Morgan fingerprint density at radius 3 is 2.61 bits per heavy atom. The first-order valence-electron chi connectivity index (χ1n) is 6.94. The fraction of sp³-hybridized carbons (Fsp3) is 1.00. The van der Waals surface area contributed by atoms with Crippen LogP contribution in [0.3, 0.4) is 0 Å². The maximum absolute atomic E-state index is 12.0. The smallest absolute Gasteiger partial charge is 0.307 e. The minimum absolute atomic E-state index is 0.183. The van der Waals surface area contributed by atoms with Gasteiger partial charge in [-0.15, -0.1) is 0 Å². The number of halogens is 3. The molecule has 2 nitrogen and oxygen atoms in total. The number of nitrogens with zero attached hydrogens (tertiary/aromatic N) is 1. The van der Waals surface area contributed by atoms with Gasteiger partial charge in [-0.05, 0) is 45.2 Å². The maximum atomic E-state index is 12.0. The zero-order valence-corrected chi connectivity index (χ0v) is 11.4. The molecule has 1 N–H and O–H groups in total. The molecule has 2 atom stereocenters. The monoisotopic (exact) mass is 266 g/mol. The van der Waals surface area contributed by atoms with E-state index < -0.39 is 12.7 Å². The van der Waals surface area contributed by atoms with Gasteiger partial charge in [-0.3, -0.25) is 4.90 Å². The lowest BCUT2D eigenvalue weighted by molar-refractivity contribution is -0.125. The lowest BCUT2D eigenvalue weighted by Crippen LogP contribution is -2.43. The standard InChI is InChI=1S/C13H25F3N2/c1-3-12-5-4-7-18(8-6-12)11(2)9-17-10-13(14,15)16/h11-12,17H,3-10H2,1-2H3. The van der Waals surface area contributed by atoms with E-state index >= 15 is 0 Å². The Morgan fingerprint density at radius 1 is 1.28 bits per heavy atom. The molecule has 0 aromatic carbocycles. The molecule has 0 amide bonds. The van der Waals surface area contributed by atoms with Crippen LogP contribution in [0, 0.1) is 5.92 Å². The topological polar surface area (TPSA) is 15.3 Å². The highest BCUT2D eigenvalue weighted by Crippen LogP contribution is 2.21. The molecule has 1 fully saturated rings. The first-order chi connectivity index (χ1) is 8.42. The van der Waals surface area contributed by atoms with E-state index in [1.54, 1.807) is 0 Å². The second-order valence-corrected chi connectivity index (χ2v) is 5.34. The maximum Gasteiger partial charge on any atom is 0.401 e. The molecule has 2 unspecified atom stereocenters. The van der Waals surface area contributed by atoms with Crippen molar-refractivity contribution in [3.63, 3.8) is 0 Å². The highest BCUT2D eigenvalue weighted by molar-refractivity contribution is 4.75. The Kier molecular flexibility index (Phi) is 6.43. The summed E-state index contributed by atoms with van der Waals surface area (Å²) in [5, 5.41) is 2.50. The van der Waals surface area contributed by atoms with Gasteiger partial charge >= 0.3 is 6.18 Å². The molecule has 1 aliphatic rings. The van der Waals surface area contributed by atoms with Gasteiger partial charge in [-0.1, -0.05) is 13.3 Å². The van der Waals surface area contributed by atoms with Gasteiger partial charge < -0.3 is 5.32 Å². The molecule has 0 radical (unpaired) electrons. The Hall–Kier alpha value is -0.290. The van der Waals surface area contributed by atoms with Crippen molar-refractivity contribution < 1.29 is 13.2 Å². The minimum atomic E-state index is -4.11. The molecule has 1 aliphatic heterocycles. The third-order valence-corrected chi connectivity index (χ3v) is 3.85. The molecular formula is C13H25F3N2. The van der Waals surface area contributed by atoms with Crippen LogP contribution in [0.15, 0.2) is 0 Å². The SMILES string of the molecule is CCC1CCCN(C(C)CNCC(F)(F)F)CC1. The lowest BCUT2D eigenvalue weighted by atomic mass is 9.98. The van der Waals surface area contributed by atoms with Crippen molar-refractivity contribution in [3.05, 3.63) is 0 Å². The second-order valence-electron chi connectivity index (χ2n) is 5.34. The van der Waals surface area contributed by atoms with Crippen molar-refractivity contribution >= 4 is 0 Å². The number of nitrogens with one attached hydrogen (secondary N) is 1. The summed E-state index contributed by atoms with van der Waals surface area (Å²) < 4.78 is 36.1. The normalized spacial score (nSPS) is 24.8. The first kappa shape index (κ1) is 15.8. The largest absolute Gasteiger partial charge is 0.401 e. The van der Waals surface area contributed by atoms with Gasteiger partial charge in [0.25, 0.3) is 0 Å². The average molecular weight is 266 g/mol. The van der Waals surface area contributed by atoms with Gasteiger partial charge in [-0.2, -0.15) is 13.2 Å². The zero-order valence-electron chi connectivity index (χ0n) is 11.4. The molecule has 0 bridgehead atoms. The van der Waals surface area contributed by atoms with Crippen LogP contribution in [0.25, 0.3) is 0 Å². The van der Waals surface area contributed by atoms with Gasteiger partial charge in [0.2, 0.25) is 0 Å². The van der Waals surface area contributed by atoms with E-state index in [4.69, 9.17) is 0 Å². The summed E-state index contributed by atoms with van der Waals surface area (Å²) in [6, 6.07) is 0.183. The van der Waals surface area contributed by atoms with Crippen LogP contribution in [0.4, 0.5) is 13.2 Å². The zero-order chi connectivity index (χ0) is 13.6. The van der Waals surface area contributed by atoms with E-state index in [2.05, 4.69) is 17.1 Å². The van der Waals surface area contributed by atoms with Gasteiger partial charge in [0, 0.05) is 12.6 Å². The third-order valence-electron chi connectivity index (χ3n) is 3.85. The van der Waals surface area contributed by atoms with Gasteiger partial charge in [-0.25, -0.2) is 0 Å². The van der Waals surface area contributed by atoms with Crippen molar-refractivity contribution in [2.75, 3.05) is 26.2 Å². The van der Waals surface area contributed by atoms with Crippen molar-refractivity contribution in [1.82, 2.24) is 10.2 Å². The lowest BCUT2D eigenvalue weighted by Gasteiger charge is -2.28. The fourth-order valence-corrected chi connectivity index (χ4v) is 2.59. The number of hydrogen-bond acceptors (Lipinski definition) is 2. The Bertz CT molecular complexity index is 231. The molecular weight excluding hydrogens is 241 g/mol. The van der Waals surface area contributed by atoms with Crippen LogP contribution in [-0.2, 0) is 0 Å². The van der Waals surface area contributed by atoms with Crippen molar-refractivity contribution in [1.29, 1.82) is 0 Å². The fourth-order valence-electron chi connectivity index (χ4n) is 2.59. The van der Waals surface area contributed by atoms with E-state index in [0.717, 1.165) is 19.0 Å². The van der Waals surface area contributed by atoms with Crippen molar-refractivity contribution in [2.45, 2.75) is 51.7 Å². The van der Waals surface area contributed by atoms with E-state index in [9.17, 15) is 13.2 Å². The van der Waals surface area contributed by atoms with Gasteiger partial charge in [0.1, 0.15) is 0 Å². The quantitative estimate of drug-likeness (QED) is 0.823. The summed E-state index contributed by atoms with van der Waals surface area (Å²) in [6.45, 7) is 5.79. The molecule has 0 aliphatic carbocycles. The van der Waals surface area contributed by atoms with E-state index in [1.807, 2.05) is 6.92 Å². The van der Waals surface area contributed by atoms with Gasteiger partial charge in [0.05, 0.1) is 6.54 Å². The summed E-state index contributed by atoms with van der Waals surface area (Å²) in [6.07, 6.45) is 0.721. The van der Waals surface area contributed by atoms with Crippen LogP contribution in [0.2, 0.25) is 0 Å². The van der Waals surface area contributed by atoms with E-state index in [0.29, 0.717) is 6.54 Å². The summed E-state index contributed by atoms with van der Waals surface area (Å²) in [4.78, 5) is 2.32. The third kappa shape index (κ3) is 6.05. The number of hydrogen-bond donors (Lipinski definition) is 1.